The first-order valence-corrected chi connectivity index (χ1v) is 4.98. The van der Waals surface area contributed by atoms with Gasteiger partial charge < -0.3 is 9.64 Å². The average Bonchev–Trinajstić information content (AvgIpc) is 2.39. The summed E-state index contributed by atoms with van der Waals surface area (Å²) in [4.78, 5) is 6.17. The Morgan fingerprint density at radius 1 is 1.25 bits per heavy atom. The van der Waals surface area contributed by atoms with E-state index in [2.05, 4.69) is 11.1 Å². The Kier molecular flexibility index (Phi) is 3.00. The van der Waals surface area contributed by atoms with Crippen molar-refractivity contribution < 1.29 is 4.74 Å². The molecule has 0 unspecified atom stereocenters. The minimum absolute atomic E-state index is 0.411. The molecule has 1 fully saturated rings. The van der Waals surface area contributed by atoms with Crippen LogP contribution in [0.25, 0.3) is 0 Å². The number of aromatic nitrogens is 1. The fraction of sp³-hybridized carbons (Fsp3) is 0.364. The number of pyridine rings is 1. The molecule has 0 amide bonds. The van der Waals surface area contributed by atoms with Crippen LogP contribution in [0.4, 0.5) is 5.82 Å². The normalized spacial score (nSPS) is 15.2. The predicted molar refractivity (Wildman–Crippen MR) is 56.7 cm³/mol. The number of rotatable bonds is 1. The molecule has 0 saturated carbocycles. The second-order valence-corrected chi connectivity index (χ2v) is 3.42. The molecule has 2 rings (SSSR count). The van der Waals surface area contributed by atoms with E-state index < -0.39 is 0 Å². The average molecular weight is 214 g/mol. The van der Waals surface area contributed by atoms with Crippen molar-refractivity contribution in [1.29, 1.82) is 10.5 Å². The molecule has 0 spiro atoms. The highest BCUT2D eigenvalue weighted by Gasteiger charge is 2.16. The fourth-order valence-electron chi connectivity index (χ4n) is 1.63. The van der Waals surface area contributed by atoms with Crippen molar-refractivity contribution >= 4 is 5.82 Å². The molecule has 2 heterocycles. The molecule has 1 saturated heterocycles. The van der Waals surface area contributed by atoms with Gasteiger partial charge in [0.15, 0.2) is 0 Å². The molecule has 80 valence electrons. The fourth-order valence-corrected chi connectivity index (χ4v) is 1.63. The van der Waals surface area contributed by atoms with Crippen molar-refractivity contribution in [2.75, 3.05) is 31.2 Å². The van der Waals surface area contributed by atoms with E-state index in [0.717, 1.165) is 13.1 Å². The zero-order valence-electron chi connectivity index (χ0n) is 8.68. The lowest BCUT2D eigenvalue weighted by atomic mass is 10.2. The molecule has 0 N–H and O–H groups in total. The number of nitriles is 2. The number of nitrogens with zero attached hydrogens (tertiary/aromatic N) is 4. The van der Waals surface area contributed by atoms with Crippen molar-refractivity contribution in [2.24, 2.45) is 0 Å². The topological polar surface area (TPSA) is 72.9 Å². The molecule has 1 aromatic rings. The zero-order valence-corrected chi connectivity index (χ0v) is 8.68. The number of anilines is 1. The van der Waals surface area contributed by atoms with Crippen LogP contribution < -0.4 is 4.90 Å². The second-order valence-electron chi connectivity index (χ2n) is 3.42. The summed E-state index contributed by atoms with van der Waals surface area (Å²) >= 11 is 0. The lowest BCUT2D eigenvalue weighted by molar-refractivity contribution is 0.122. The third-order valence-corrected chi connectivity index (χ3v) is 2.43. The summed E-state index contributed by atoms with van der Waals surface area (Å²) in [6.07, 6.45) is 1.49. The van der Waals surface area contributed by atoms with Crippen molar-refractivity contribution in [2.45, 2.75) is 0 Å². The highest BCUT2D eigenvalue weighted by molar-refractivity contribution is 5.56. The summed E-state index contributed by atoms with van der Waals surface area (Å²) in [5.41, 5.74) is 0.856. The molecule has 1 aliphatic rings. The highest BCUT2D eigenvalue weighted by Crippen LogP contribution is 2.18. The number of hydrogen-bond acceptors (Lipinski definition) is 5. The van der Waals surface area contributed by atoms with Crippen LogP contribution in [0.1, 0.15) is 11.1 Å². The first-order chi connectivity index (χ1) is 7.85. The van der Waals surface area contributed by atoms with Gasteiger partial charge in [0.1, 0.15) is 18.0 Å². The maximum Gasteiger partial charge on any atom is 0.146 e. The van der Waals surface area contributed by atoms with Crippen molar-refractivity contribution in [3.05, 3.63) is 23.4 Å². The summed E-state index contributed by atoms with van der Waals surface area (Å²) < 4.78 is 5.23. The highest BCUT2D eigenvalue weighted by atomic mass is 16.5. The molecule has 5 nitrogen and oxygen atoms in total. The number of ether oxygens (including phenoxy) is 1. The Bertz CT molecular complexity index is 466. The molecular formula is C11H10N4O. The van der Waals surface area contributed by atoms with Crippen LogP contribution in [0.3, 0.4) is 0 Å². The van der Waals surface area contributed by atoms with Crippen LogP contribution in [0, 0.1) is 22.7 Å². The van der Waals surface area contributed by atoms with Gasteiger partial charge >= 0.3 is 0 Å². The first-order valence-electron chi connectivity index (χ1n) is 4.98. The monoisotopic (exact) mass is 214 g/mol. The molecule has 5 heteroatoms. The number of morpholine rings is 1. The third kappa shape index (κ3) is 1.95. The smallest absolute Gasteiger partial charge is 0.146 e. The van der Waals surface area contributed by atoms with Crippen LogP contribution >= 0.6 is 0 Å². The molecule has 1 aromatic heterocycles. The Hall–Kier alpha value is -2.11. The van der Waals surface area contributed by atoms with Crippen LogP contribution in [0.5, 0.6) is 0 Å². The molecule has 0 radical (unpaired) electrons. The Balaban J connectivity index is 2.33. The summed E-state index contributed by atoms with van der Waals surface area (Å²) in [5, 5.41) is 17.7. The molecule has 0 bridgehead atoms. The largest absolute Gasteiger partial charge is 0.378 e. The minimum atomic E-state index is 0.411. The molecular weight excluding hydrogens is 204 g/mol. The third-order valence-electron chi connectivity index (χ3n) is 2.43. The maximum absolute atomic E-state index is 9.01. The van der Waals surface area contributed by atoms with E-state index in [4.69, 9.17) is 15.3 Å². The molecule has 1 aliphatic heterocycles. The lowest BCUT2D eigenvalue weighted by Gasteiger charge is -2.28. The van der Waals surface area contributed by atoms with Gasteiger partial charge in [-0.25, -0.2) is 4.98 Å². The van der Waals surface area contributed by atoms with Crippen LogP contribution in [-0.2, 0) is 4.74 Å². The second kappa shape index (κ2) is 4.61. The van der Waals surface area contributed by atoms with Crippen LogP contribution in [0.2, 0.25) is 0 Å². The van der Waals surface area contributed by atoms with Gasteiger partial charge in [-0.05, 0) is 6.07 Å². The Labute approximate surface area is 93.5 Å². The van der Waals surface area contributed by atoms with E-state index in [0.29, 0.717) is 30.2 Å². The van der Waals surface area contributed by atoms with Gasteiger partial charge in [0.05, 0.1) is 24.3 Å². The van der Waals surface area contributed by atoms with E-state index in [1.165, 1.54) is 6.20 Å². The molecule has 0 aliphatic carbocycles. The van der Waals surface area contributed by atoms with Crippen LogP contribution in [-0.4, -0.2) is 31.3 Å². The van der Waals surface area contributed by atoms with Gasteiger partial charge in [0.2, 0.25) is 0 Å². The molecule has 16 heavy (non-hydrogen) atoms. The van der Waals surface area contributed by atoms with Crippen LogP contribution in [0.15, 0.2) is 12.3 Å². The summed E-state index contributed by atoms with van der Waals surface area (Å²) in [7, 11) is 0. The summed E-state index contributed by atoms with van der Waals surface area (Å²) in [6.45, 7) is 2.75. The van der Waals surface area contributed by atoms with E-state index in [-0.39, 0.29) is 0 Å². The SMILES string of the molecule is N#Cc1cnc(N2CCOCC2)c(C#N)c1. The quantitative estimate of drug-likeness (QED) is 0.686. The van der Waals surface area contributed by atoms with E-state index in [1.807, 2.05) is 11.0 Å². The van der Waals surface area contributed by atoms with Gasteiger partial charge in [-0.3, -0.25) is 0 Å². The van der Waals surface area contributed by atoms with Gasteiger partial charge in [0.25, 0.3) is 0 Å². The van der Waals surface area contributed by atoms with Gasteiger partial charge in [-0.1, -0.05) is 0 Å². The summed E-state index contributed by atoms with van der Waals surface area (Å²) in [6, 6.07) is 5.61. The van der Waals surface area contributed by atoms with Crippen molar-refractivity contribution in [3.8, 4) is 12.1 Å². The first kappa shape index (κ1) is 10.4. The summed E-state index contributed by atoms with van der Waals surface area (Å²) in [5.74, 6) is 0.643. The standard InChI is InChI=1S/C11H10N4O/c12-6-9-5-10(7-13)11(14-8-9)15-1-3-16-4-2-15/h5,8H,1-4H2. The molecule has 0 atom stereocenters. The Morgan fingerprint density at radius 2 is 2.00 bits per heavy atom. The number of hydrogen-bond donors (Lipinski definition) is 0. The maximum atomic E-state index is 9.01. The van der Waals surface area contributed by atoms with E-state index >= 15 is 0 Å². The van der Waals surface area contributed by atoms with Crippen molar-refractivity contribution in [3.63, 3.8) is 0 Å². The van der Waals surface area contributed by atoms with Gasteiger partial charge in [-0.15, -0.1) is 0 Å². The predicted octanol–water partition coefficient (Wildman–Crippen LogP) is 0.662. The zero-order chi connectivity index (χ0) is 11.4. The minimum Gasteiger partial charge on any atom is -0.378 e. The van der Waals surface area contributed by atoms with E-state index in [1.54, 1.807) is 6.07 Å². The van der Waals surface area contributed by atoms with Gasteiger partial charge in [0, 0.05) is 19.3 Å². The van der Waals surface area contributed by atoms with Gasteiger partial charge in [-0.2, -0.15) is 10.5 Å². The lowest BCUT2D eigenvalue weighted by Crippen LogP contribution is -2.37. The van der Waals surface area contributed by atoms with Crippen molar-refractivity contribution in [1.82, 2.24) is 4.98 Å². The molecule has 0 aromatic carbocycles. The Morgan fingerprint density at radius 3 is 2.62 bits per heavy atom. The van der Waals surface area contributed by atoms with E-state index in [9.17, 15) is 0 Å².